The Labute approximate surface area is 97.9 Å². The van der Waals surface area contributed by atoms with Gasteiger partial charge in [0.05, 0.1) is 5.69 Å². The number of carboxylic acids is 1. The van der Waals surface area contributed by atoms with Crippen LogP contribution in [0.1, 0.15) is 40.6 Å². The van der Waals surface area contributed by atoms with Crippen molar-refractivity contribution >= 4 is 29.1 Å². The van der Waals surface area contributed by atoms with Crippen molar-refractivity contribution in [1.82, 2.24) is 4.98 Å². The molecule has 5 heteroatoms. The second-order valence-corrected chi connectivity index (χ2v) is 5.43. The van der Waals surface area contributed by atoms with E-state index in [4.69, 9.17) is 5.11 Å². The second-order valence-electron chi connectivity index (χ2n) is 3.08. The first-order chi connectivity index (χ1) is 7.19. The number of carboxylic acid groups (broad SMARTS) is 1. The van der Waals surface area contributed by atoms with Gasteiger partial charge in [0.15, 0.2) is 0 Å². The topological polar surface area (TPSA) is 50.2 Å². The van der Waals surface area contributed by atoms with E-state index >= 15 is 0 Å². The lowest BCUT2D eigenvalue weighted by Gasteiger charge is -1.93. The molecule has 1 aromatic heterocycles. The lowest BCUT2D eigenvalue weighted by atomic mass is 10.2. The smallest absolute Gasteiger partial charge is 0.347 e. The molecule has 0 aliphatic carbocycles. The van der Waals surface area contributed by atoms with Crippen molar-refractivity contribution in [2.45, 2.75) is 32.4 Å². The largest absolute Gasteiger partial charge is 0.477 e. The van der Waals surface area contributed by atoms with E-state index in [2.05, 4.69) is 11.9 Å². The summed E-state index contributed by atoms with van der Waals surface area (Å²) in [5.41, 5.74) is 0.752. The third kappa shape index (κ3) is 3.50. The Hall–Kier alpha value is -0.550. The summed E-state index contributed by atoms with van der Waals surface area (Å²) in [6, 6.07) is 0. The maximum absolute atomic E-state index is 10.9. The van der Waals surface area contributed by atoms with Crippen LogP contribution in [0.25, 0.3) is 0 Å². The van der Waals surface area contributed by atoms with Gasteiger partial charge in [-0.05, 0) is 12.2 Å². The zero-order valence-electron chi connectivity index (χ0n) is 8.95. The Morgan fingerprint density at radius 3 is 2.80 bits per heavy atom. The van der Waals surface area contributed by atoms with E-state index in [-0.39, 0.29) is 0 Å². The van der Waals surface area contributed by atoms with Crippen LogP contribution in [-0.4, -0.2) is 21.8 Å². The summed E-state index contributed by atoms with van der Waals surface area (Å²) in [6.07, 6.45) is 1.69. The predicted molar refractivity (Wildman–Crippen MR) is 64.9 cm³/mol. The minimum absolute atomic E-state index is 0.420. The lowest BCUT2D eigenvalue weighted by Crippen LogP contribution is -1.98. The van der Waals surface area contributed by atoms with Crippen molar-refractivity contribution in [3.05, 3.63) is 15.6 Å². The molecule has 84 valence electrons. The van der Waals surface area contributed by atoms with E-state index in [1.54, 1.807) is 11.8 Å². The van der Waals surface area contributed by atoms with Gasteiger partial charge in [0.2, 0.25) is 0 Å². The van der Waals surface area contributed by atoms with Gasteiger partial charge in [0.1, 0.15) is 9.88 Å². The average molecular weight is 245 g/mol. The Morgan fingerprint density at radius 1 is 1.53 bits per heavy atom. The van der Waals surface area contributed by atoms with Gasteiger partial charge >= 0.3 is 5.97 Å². The molecule has 15 heavy (non-hydrogen) atoms. The highest BCUT2D eigenvalue weighted by atomic mass is 32.2. The normalized spacial score (nSPS) is 10.5. The Morgan fingerprint density at radius 2 is 2.27 bits per heavy atom. The van der Waals surface area contributed by atoms with Crippen LogP contribution >= 0.6 is 23.1 Å². The highest BCUT2D eigenvalue weighted by Crippen LogP contribution is 2.23. The molecule has 0 saturated heterocycles. The molecule has 0 aliphatic heterocycles. The van der Waals surface area contributed by atoms with Crippen LogP contribution in [0.15, 0.2) is 0 Å². The lowest BCUT2D eigenvalue weighted by molar-refractivity contribution is 0.0700. The minimum Gasteiger partial charge on any atom is -0.477 e. The number of thiazole rings is 1. The molecule has 0 atom stereocenters. The molecule has 0 aromatic carbocycles. The van der Waals surface area contributed by atoms with Crippen molar-refractivity contribution in [2.75, 3.05) is 5.75 Å². The average Bonchev–Trinajstić information content (AvgIpc) is 2.59. The Bertz CT molecular complexity index is 336. The number of hydrogen-bond donors (Lipinski definition) is 1. The molecule has 0 unspecified atom stereocenters. The van der Waals surface area contributed by atoms with E-state index in [1.807, 2.05) is 6.92 Å². The molecule has 0 spiro atoms. The molecule has 1 heterocycles. The highest BCUT2D eigenvalue weighted by molar-refractivity contribution is 7.98. The summed E-state index contributed by atoms with van der Waals surface area (Å²) in [5.74, 6) is 1.01. The van der Waals surface area contributed by atoms with E-state index < -0.39 is 5.97 Å². The first kappa shape index (κ1) is 12.5. The number of aromatic carboxylic acids is 1. The van der Waals surface area contributed by atoms with Gasteiger partial charge in [-0.2, -0.15) is 11.8 Å². The monoisotopic (exact) mass is 245 g/mol. The van der Waals surface area contributed by atoms with E-state index in [9.17, 15) is 4.79 Å². The maximum Gasteiger partial charge on any atom is 0.347 e. The van der Waals surface area contributed by atoms with E-state index in [0.29, 0.717) is 4.88 Å². The molecule has 0 bridgehead atoms. The summed E-state index contributed by atoms with van der Waals surface area (Å²) >= 11 is 3.08. The summed E-state index contributed by atoms with van der Waals surface area (Å²) < 4.78 is 0. The highest BCUT2D eigenvalue weighted by Gasteiger charge is 2.16. The van der Waals surface area contributed by atoms with Crippen LogP contribution in [0.3, 0.4) is 0 Å². The molecular weight excluding hydrogens is 230 g/mol. The Balaban J connectivity index is 2.83. The first-order valence-corrected chi connectivity index (χ1v) is 6.95. The second kappa shape index (κ2) is 6.12. The fourth-order valence-electron chi connectivity index (χ4n) is 1.23. The molecule has 1 rings (SSSR count). The SMILES string of the molecule is CCCc1nc(CSCC)sc1C(=O)O. The Kier molecular flexibility index (Phi) is 5.11. The number of aryl methyl sites for hydroxylation is 1. The van der Waals surface area contributed by atoms with E-state index in [1.165, 1.54) is 11.3 Å². The van der Waals surface area contributed by atoms with Crippen molar-refractivity contribution in [1.29, 1.82) is 0 Å². The summed E-state index contributed by atoms with van der Waals surface area (Å²) in [5, 5.41) is 9.93. The standard InChI is InChI=1S/C10H15NO2S2/c1-3-5-7-9(10(12)13)15-8(11-7)6-14-4-2/h3-6H2,1-2H3,(H,12,13). The van der Waals surface area contributed by atoms with Gasteiger partial charge in [0.25, 0.3) is 0 Å². The molecule has 0 saturated carbocycles. The number of aromatic nitrogens is 1. The zero-order valence-corrected chi connectivity index (χ0v) is 10.6. The van der Waals surface area contributed by atoms with Gasteiger partial charge in [-0.15, -0.1) is 11.3 Å². The fourth-order valence-corrected chi connectivity index (χ4v) is 2.90. The number of nitrogens with zero attached hydrogens (tertiary/aromatic N) is 1. The van der Waals surface area contributed by atoms with Gasteiger partial charge in [-0.25, -0.2) is 9.78 Å². The number of thioether (sulfide) groups is 1. The molecule has 1 N–H and O–H groups in total. The number of hydrogen-bond acceptors (Lipinski definition) is 4. The minimum atomic E-state index is -0.844. The predicted octanol–water partition coefficient (Wildman–Crippen LogP) is 3.05. The third-order valence-corrected chi connectivity index (χ3v) is 4.01. The van der Waals surface area contributed by atoms with Crippen LogP contribution in [-0.2, 0) is 12.2 Å². The summed E-state index contributed by atoms with van der Waals surface area (Å²) in [6.45, 7) is 4.12. The molecule has 3 nitrogen and oxygen atoms in total. The van der Waals surface area contributed by atoms with Crippen molar-refractivity contribution in [3.8, 4) is 0 Å². The molecule has 1 aromatic rings. The van der Waals surface area contributed by atoms with Crippen LogP contribution in [0.2, 0.25) is 0 Å². The number of rotatable bonds is 6. The maximum atomic E-state index is 10.9. The van der Waals surface area contributed by atoms with Gasteiger partial charge in [-0.1, -0.05) is 20.3 Å². The van der Waals surface area contributed by atoms with Crippen LogP contribution in [0.5, 0.6) is 0 Å². The van der Waals surface area contributed by atoms with Crippen molar-refractivity contribution < 1.29 is 9.90 Å². The van der Waals surface area contributed by atoms with Gasteiger partial charge in [-0.3, -0.25) is 0 Å². The third-order valence-electron chi connectivity index (χ3n) is 1.85. The van der Waals surface area contributed by atoms with Gasteiger partial charge in [0, 0.05) is 5.75 Å². The quantitative estimate of drug-likeness (QED) is 0.837. The summed E-state index contributed by atoms with van der Waals surface area (Å²) in [7, 11) is 0. The molecule has 0 fully saturated rings. The van der Waals surface area contributed by atoms with Gasteiger partial charge < -0.3 is 5.11 Å². The first-order valence-electron chi connectivity index (χ1n) is 4.98. The van der Waals surface area contributed by atoms with Crippen LogP contribution in [0.4, 0.5) is 0 Å². The summed E-state index contributed by atoms with van der Waals surface area (Å²) in [4.78, 5) is 15.7. The zero-order chi connectivity index (χ0) is 11.3. The van der Waals surface area contributed by atoms with Crippen molar-refractivity contribution in [3.63, 3.8) is 0 Å². The van der Waals surface area contributed by atoms with Crippen molar-refractivity contribution in [2.24, 2.45) is 0 Å². The molecule has 0 amide bonds. The van der Waals surface area contributed by atoms with Crippen LogP contribution < -0.4 is 0 Å². The van der Waals surface area contributed by atoms with Crippen LogP contribution in [0, 0.1) is 0 Å². The molecule has 0 aliphatic rings. The number of carbonyl (C=O) groups is 1. The van der Waals surface area contributed by atoms with E-state index in [0.717, 1.165) is 35.0 Å². The molecule has 0 radical (unpaired) electrons. The fraction of sp³-hybridized carbons (Fsp3) is 0.600. The molecular formula is C10H15NO2S2.